The number of carboxylic acids is 1. The number of carbonyl (C=O) groups is 1. The molecule has 0 unspecified atom stereocenters. The Morgan fingerprint density at radius 2 is 2.00 bits per heavy atom. The molecule has 0 spiro atoms. The van der Waals surface area contributed by atoms with Crippen molar-refractivity contribution in [1.29, 1.82) is 0 Å². The lowest BCUT2D eigenvalue weighted by molar-refractivity contribution is -0.132. The van der Waals surface area contributed by atoms with Crippen molar-refractivity contribution in [2.45, 2.75) is 6.18 Å². The average molecular weight is 190 g/mol. The normalized spacial score (nSPS) is 19.3. The average Bonchev–Trinajstić information content (AvgIpc) is 2.31. The quantitative estimate of drug-likeness (QED) is 0.687. The molecule has 0 saturated carbocycles. The van der Waals surface area contributed by atoms with Gasteiger partial charge < -0.3 is 5.11 Å². The summed E-state index contributed by atoms with van der Waals surface area (Å²) < 4.78 is 35.2. The van der Waals surface area contributed by atoms with E-state index in [1.165, 1.54) is 0 Å². The highest BCUT2D eigenvalue weighted by Gasteiger charge is 2.24. The zero-order valence-electron chi connectivity index (χ0n) is 6.30. The lowest BCUT2D eigenvalue weighted by Crippen LogP contribution is -2.02. The molecule has 0 heterocycles. The number of halogens is 3. The van der Waals surface area contributed by atoms with Gasteiger partial charge >= 0.3 is 12.1 Å². The standard InChI is InChI=1S/C8H5F3O2/c9-8(10,11)4-5-1-2-6(3-5)7(12)13/h1-4H,(H,12,13)/b5-4+. The van der Waals surface area contributed by atoms with Crippen LogP contribution in [0.15, 0.2) is 35.5 Å². The van der Waals surface area contributed by atoms with Crippen LogP contribution in [0.4, 0.5) is 13.2 Å². The fourth-order valence-electron chi connectivity index (χ4n) is 0.874. The molecule has 1 N–H and O–H groups in total. The van der Waals surface area contributed by atoms with Gasteiger partial charge in [0.15, 0.2) is 0 Å². The minimum absolute atomic E-state index is 0.0550. The Morgan fingerprint density at radius 1 is 1.38 bits per heavy atom. The summed E-state index contributed by atoms with van der Waals surface area (Å²) in [4.78, 5) is 10.3. The molecule has 70 valence electrons. The lowest BCUT2D eigenvalue weighted by Gasteiger charge is -1.98. The third-order valence-electron chi connectivity index (χ3n) is 1.35. The monoisotopic (exact) mass is 190 g/mol. The largest absolute Gasteiger partial charge is 0.478 e. The number of aliphatic carboxylic acids is 1. The van der Waals surface area contributed by atoms with E-state index in [2.05, 4.69) is 0 Å². The number of rotatable bonds is 1. The van der Waals surface area contributed by atoms with E-state index < -0.39 is 12.1 Å². The first-order valence-electron chi connectivity index (χ1n) is 3.31. The van der Waals surface area contributed by atoms with Crippen LogP contribution in [0.2, 0.25) is 0 Å². The van der Waals surface area contributed by atoms with Crippen LogP contribution in [-0.2, 0) is 4.79 Å². The molecule has 0 aromatic carbocycles. The van der Waals surface area contributed by atoms with E-state index in [9.17, 15) is 18.0 Å². The Balaban J connectivity index is 2.87. The molecule has 0 bridgehead atoms. The second-order valence-electron chi connectivity index (χ2n) is 2.42. The maximum absolute atomic E-state index is 11.7. The van der Waals surface area contributed by atoms with Crippen molar-refractivity contribution in [3.8, 4) is 0 Å². The summed E-state index contributed by atoms with van der Waals surface area (Å²) in [6, 6.07) is 0. The lowest BCUT2D eigenvalue weighted by atomic mass is 10.2. The molecule has 0 radical (unpaired) electrons. The van der Waals surface area contributed by atoms with Gasteiger partial charge in [-0.1, -0.05) is 6.08 Å². The minimum atomic E-state index is -4.41. The van der Waals surface area contributed by atoms with E-state index in [0.29, 0.717) is 0 Å². The number of carboxylic acid groups (broad SMARTS) is 1. The van der Waals surface area contributed by atoms with E-state index in [4.69, 9.17) is 5.11 Å². The van der Waals surface area contributed by atoms with Crippen LogP contribution < -0.4 is 0 Å². The second-order valence-corrected chi connectivity index (χ2v) is 2.42. The molecule has 1 aliphatic carbocycles. The van der Waals surface area contributed by atoms with Gasteiger partial charge in [-0.15, -0.1) is 0 Å². The van der Waals surface area contributed by atoms with Crippen LogP contribution >= 0.6 is 0 Å². The summed E-state index contributed by atoms with van der Waals surface area (Å²) >= 11 is 0. The predicted molar refractivity (Wildman–Crippen MR) is 39.0 cm³/mol. The fourth-order valence-corrected chi connectivity index (χ4v) is 0.874. The zero-order chi connectivity index (χ0) is 10.1. The van der Waals surface area contributed by atoms with Crippen LogP contribution in [0.5, 0.6) is 0 Å². The van der Waals surface area contributed by atoms with Gasteiger partial charge in [-0.3, -0.25) is 0 Å². The van der Waals surface area contributed by atoms with Crippen molar-refractivity contribution in [1.82, 2.24) is 0 Å². The Kier molecular flexibility index (Phi) is 2.27. The second kappa shape index (κ2) is 3.08. The Morgan fingerprint density at radius 3 is 2.38 bits per heavy atom. The molecule has 0 aromatic rings. The number of hydrogen-bond donors (Lipinski definition) is 1. The van der Waals surface area contributed by atoms with Crippen LogP contribution in [-0.4, -0.2) is 17.3 Å². The molecule has 0 amide bonds. The number of alkyl halides is 3. The van der Waals surface area contributed by atoms with Crippen molar-refractivity contribution in [3.05, 3.63) is 35.5 Å². The molecule has 0 atom stereocenters. The van der Waals surface area contributed by atoms with Gasteiger partial charge in [0, 0.05) is 6.08 Å². The van der Waals surface area contributed by atoms with Crippen LogP contribution in [0.25, 0.3) is 0 Å². The molecule has 1 rings (SSSR count). The van der Waals surface area contributed by atoms with Crippen molar-refractivity contribution >= 4 is 5.97 Å². The summed E-state index contributed by atoms with van der Waals surface area (Å²) in [6.45, 7) is 0. The third kappa shape index (κ3) is 2.77. The van der Waals surface area contributed by atoms with Gasteiger partial charge in [-0.2, -0.15) is 13.2 Å². The molecular formula is C8H5F3O2. The first kappa shape index (κ1) is 9.57. The Labute approximate surface area is 71.7 Å². The molecule has 1 aliphatic rings. The molecule has 13 heavy (non-hydrogen) atoms. The van der Waals surface area contributed by atoms with Gasteiger partial charge in [0.2, 0.25) is 0 Å². The zero-order valence-corrected chi connectivity index (χ0v) is 6.30. The summed E-state index contributed by atoms with van der Waals surface area (Å²) in [5, 5.41) is 8.40. The third-order valence-corrected chi connectivity index (χ3v) is 1.35. The first-order chi connectivity index (χ1) is 5.88. The van der Waals surface area contributed by atoms with Gasteiger partial charge in [0.25, 0.3) is 0 Å². The van der Waals surface area contributed by atoms with Crippen LogP contribution in [0.3, 0.4) is 0 Å². The maximum atomic E-state index is 11.7. The summed E-state index contributed by atoms with van der Waals surface area (Å²) in [6.07, 6.45) is -1.16. The van der Waals surface area contributed by atoms with Crippen LogP contribution in [0, 0.1) is 0 Å². The molecule has 2 nitrogen and oxygen atoms in total. The minimum Gasteiger partial charge on any atom is -0.478 e. The summed E-state index contributed by atoms with van der Waals surface area (Å²) in [5.41, 5.74) is -0.291. The van der Waals surface area contributed by atoms with E-state index >= 15 is 0 Å². The summed E-state index contributed by atoms with van der Waals surface area (Å²) in [7, 11) is 0. The highest BCUT2D eigenvalue weighted by Crippen LogP contribution is 2.23. The molecule has 0 aromatic heterocycles. The van der Waals surface area contributed by atoms with Gasteiger partial charge in [0.1, 0.15) is 0 Å². The van der Waals surface area contributed by atoms with Crippen molar-refractivity contribution in [3.63, 3.8) is 0 Å². The molecular weight excluding hydrogens is 185 g/mol. The fraction of sp³-hybridized carbons (Fsp3) is 0.125. The van der Waals surface area contributed by atoms with Gasteiger partial charge in [-0.25, -0.2) is 4.79 Å². The first-order valence-corrected chi connectivity index (χ1v) is 3.31. The predicted octanol–water partition coefficient (Wildman–Crippen LogP) is 2.06. The maximum Gasteiger partial charge on any atom is 0.410 e. The molecule has 0 fully saturated rings. The van der Waals surface area contributed by atoms with Crippen molar-refractivity contribution in [2.24, 2.45) is 0 Å². The van der Waals surface area contributed by atoms with Crippen molar-refractivity contribution < 1.29 is 23.1 Å². The van der Waals surface area contributed by atoms with Gasteiger partial charge in [0.05, 0.1) is 5.57 Å². The van der Waals surface area contributed by atoms with Gasteiger partial charge in [-0.05, 0) is 17.7 Å². The highest BCUT2D eigenvalue weighted by atomic mass is 19.4. The number of hydrogen-bond acceptors (Lipinski definition) is 1. The molecule has 0 aliphatic heterocycles. The molecule has 0 saturated heterocycles. The summed E-state index contributed by atoms with van der Waals surface area (Å²) in [5.74, 6) is -1.23. The van der Waals surface area contributed by atoms with E-state index in [1.807, 2.05) is 0 Å². The molecule has 5 heteroatoms. The highest BCUT2D eigenvalue weighted by molar-refractivity contribution is 5.92. The Bertz CT molecular complexity index is 321. The Hall–Kier alpha value is -1.52. The van der Waals surface area contributed by atoms with E-state index in [0.717, 1.165) is 18.2 Å². The topological polar surface area (TPSA) is 37.3 Å². The van der Waals surface area contributed by atoms with Crippen LogP contribution in [0.1, 0.15) is 0 Å². The number of allylic oxidation sites excluding steroid dienone is 4. The smallest absolute Gasteiger partial charge is 0.410 e. The SMILES string of the molecule is O=C(O)C1=C/C(=C/C(F)(F)F)C=C1. The van der Waals surface area contributed by atoms with E-state index in [-0.39, 0.29) is 17.2 Å². The van der Waals surface area contributed by atoms with Crippen molar-refractivity contribution in [2.75, 3.05) is 0 Å². The van der Waals surface area contributed by atoms with E-state index in [1.54, 1.807) is 0 Å².